The minimum atomic E-state index is -1.11. The molecule has 0 unspecified atom stereocenters. The zero-order valence-corrected chi connectivity index (χ0v) is 16.1. The predicted molar refractivity (Wildman–Crippen MR) is 107 cm³/mol. The number of benzene rings is 2. The number of nitrogens with zero attached hydrogens (tertiary/aromatic N) is 2. The van der Waals surface area contributed by atoms with Crippen molar-refractivity contribution in [3.05, 3.63) is 42.5 Å². The molecule has 2 amide bonds. The first-order valence-electron chi connectivity index (χ1n) is 9.59. The zero-order valence-electron chi connectivity index (χ0n) is 16.1. The SMILES string of the molecule is N[C@@H](CCC(=O)N1CCN(C(=O)COc2ccc3ccccc3c2)CC1)C(=O)O. The maximum Gasteiger partial charge on any atom is 0.320 e. The van der Waals surface area contributed by atoms with Crippen molar-refractivity contribution in [3.8, 4) is 5.75 Å². The molecule has 0 saturated carbocycles. The summed E-state index contributed by atoms with van der Waals surface area (Å²) in [6.45, 7) is 1.64. The maximum absolute atomic E-state index is 12.4. The molecule has 0 bridgehead atoms. The van der Waals surface area contributed by atoms with Gasteiger partial charge >= 0.3 is 5.97 Å². The summed E-state index contributed by atoms with van der Waals surface area (Å²) >= 11 is 0. The first-order valence-corrected chi connectivity index (χ1v) is 9.59. The second-order valence-corrected chi connectivity index (χ2v) is 7.04. The van der Waals surface area contributed by atoms with Crippen molar-refractivity contribution >= 4 is 28.6 Å². The van der Waals surface area contributed by atoms with Crippen LogP contribution >= 0.6 is 0 Å². The number of carboxylic acids is 1. The van der Waals surface area contributed by atoms with Crippen LogP contribution in [0.1, 0.15) is 12.8 Å². The van der Waals surface area contributed by atoms with Crippen LogP contribution in [0, 0.1) is 0 Å². The lowest BCUT2D eigenvalue weighted by Crippen LogP contribution is -2.51. The van der Waals surface area contributed by atoms with Gasteiger partial charge in [0.2, 0.25) is 5.91 Å². The van der Waals surface area contributed by atoms with E-state index in [4.69, 9.17) is 15.6 Å². The number of hydrogen-bond donors (Lipinski definition) is 2. The van der Waals surface area contributed by atoms with E-state index in [0.717, 1.165) is 10.8 Å². The molecule has 1 aliphatic rings. The lowest BCUT2D eigenvalue weighted by atomic mass is 10.1. The number of fused-ring (bicyclic) bond motifs is 1. The van der Waals surface area contributed by atoms with Crippen molar-refractivity contribution < 1.29 is 24.2 Å². The van der Waals surface area contributed by atoms with Gasteiger partial charge in [0.15, 0.2) is 6.61 Å². The molecule has 8 nitrogen and oxygen atoms in total. The van der Waals surface area contributed by atoms with Gasteiger partial charge in [0, 0.05) is 32.6 Å². The van der Waals surface area contributed by atoms with Crippen molar-refractivity contribution in [1.29, 1.82) is 0 Å². The van der Waals surface area contributed by atoms with Crippen molar-refractivity contribution in [2.75, 3.05) is 32.8 Å². The minimum Gasteiger partial charge on any atom is -0.484 e. The molecule has 1 aliphatic heterocycles. The molecule has 8 heteroatoms. The third kappa shape index (κ3) is 5.45. The summed E-state index contributed by atoms with van der Waals surface area (Å²) in [5, 5.41) is 10.9. The molecule has 1 atom stereocenters. The number of ether oxygens (including phenoxy) is 1. The molecule has 154 valence electrons. The number of amides is 2. The average Bonchev–Trinajstić information content (AvgIpc) is 2.75. The van der Waals surface area contributed by atoms with E-state index < -0.39 is 12.0 Å². The number of aliphatic carboxylic acids is 1. The number of carbonyl (C=O) groups is 3. The third-order valence-corrected chi connectivity index (χ3v) is 5.05. The summed E-state index contributed by atoms with van der Waals surface area (Å²) in [4.78, 5) is 38.6. The Bertz CT molecular complexity index is 893. The number of rotatable bonds is 7. The fourth-order valence-electron chi connectivity index (χ4n) is 3.26. The van der Waals surface area contributed by atoms with Gasteiger partial charge in [-0.25, -0.2) is 0 Å². The normalized spacial score (nSPS) is 15.2. The number of carboxylic acid groups (broad SMARTS) is 1. The highest BCUT2D eigenvalue weighted by Crippen LogP contribution is 2.20. The summed E-state index contributed by atoms with van der Waals surface area (Å²) in [5.74, 6) is -0.736. The van der Waals surface area contributed by atoms with Crippen molar-refractivity contribution in [2.24, 2.45) is 5.73 Å². The lowest BCUT2D eigenvalue weighted by molar-refractivity contribution is -0.141. The Morgan fingerprint density at radius 2 is 1.59 bits per heavy atom. The summed E-state index contributed by atoms with van der Waals surface area (Å²) in [5.41, 5.74) is 5.43. The molecule has 0 radical (unpaired) electrons. The van der Waals surface area contributed by atoms with E-state index >= 15 is 0 Å². The van der Waals surface area contributed by atoms with E-state index in [1.54, 1.807) is 9.80 Å². The zero-order chi connectivity index (χ0) is 20.8. The molecule has 3 N–H and O–H groups in total. The molecule has 29 heavy (non-hydrogen) atoms. The van der Waals surface area contributed by atoms with E-state index in [1.807, 2.05) is 42.5 Å². The van der Waals surface area contributed by atoms with Crippen LogP contribution in [-0.2, 0) is 14.4 Å². The van der Waals surface area contributed by atoms with Gasteiger partial charge in [-0.3, -0.25) is 14.4 Å². The Hall–Kier alpha value is -3.13. The Labute approximate surface area is 168 Å². The van der Waals surface area contributed by atoms with E-state index in [2.05, 4.69) is 0 Å². The largest absolute Gasteiger partial charge is 0.484 e. The Balaban J connectivity index is 1.43. The van der Waals surface area contributed by atoms with E-state index in [-0.39, 0.29) is 31.3 Å². The van der Waals surface area contributed by atoms with Crippen molar-refractivity contribution in [2.45, 2.75) is 18.9 Å². The molecule has 0 aliphatic carbocycles. The van der Waals surface area contributed by atoms with E-state index in [9.17, 15) is 14.4 Å². The van der Waals surface area contributed by atoms with E-state index in [0.29, 0.717) is 31.9 Å². The number of carbonyl (C=O) groups excluding carboxylic acids is 2. The first-order chi connectivity index (χ1) is 13.9. The standard InChI is InChI=1S/C21H25N3O5/c22-18(21(27)28)7-8-19(25)23-9-11-24(12-10-23)20(26)14-29-17-6-5-15-3-1-2-4-16(15)13-17/h1-6,13,18H,7-12,14,22H2,(H,27,28)/t18-/m0/s1. The Morgan fingerprint density at radius 1 is 0.966 bits per heavy atom. The van der Waals surface area contributed by atoms with Gasteiger partial charge in [0.1, 0.15) is 11.8 Å². The number of piperazine rings is 1. The second kappa shape index (κ2) is 9.38. The predicted octanol–water partition coefficient (Wildman–Crippen LogP) is 1.08. The second-order valence-electron chi connectivity index (χ2n) is 7.04. The van der Waals surface area contributed by atoms with Gasteiger partial charge in [-0.2, -0.15) is 0 Å². The highest BCUT2D eigenvalue weighted by Gasteiger charge is 2.25. The van der Waals surface area contributed by atoms with Crippen LogP contribution in [0.5, 0.6) is 5.75 Å². The topological polar surface area (TPSA) is 113 Å². The van der Waals surface area contributed by atoms with Gasteiger partial charge < -0.3 is 25.4 Å². The van der Waals surface area contributed by atoms with Crippen LogP contribution in [0.4, 0.5) is 0 Å². The summed E-state index contributed by atoms with van der Waals surface area (Å²) in [6.07, 6.45) is 0.194. The van der Waals surface area contributed by atoms with Crippen LogP contribution in [0.3, 0.4) is 0 Å². The van der Waals surface area contributed by atoms with Crippen LogP contribution in [0.25, 0.3) is 10.8 Å². The Kier molecular flexibility index (Phi) is 6.66. The molecule has 0 aromatic heterocycles. The quantitative estimate of drug-likeness (QED) is 0.720. The van der Waals surface area contributed by atoms with Gasteiger partial charge in [-0.15, -0.1) is 0 Å². The van der Waals surface area contributed by atoms with Gasteiger partial charge in [0.05, 0.1) is 0 Å². The molecule has 1 saturated heterocycles. The average molecular weight is 399 g/mol. The highest BCUT2D eigenvalue weighted by atomic mass is 16.5. The van der Waals surface area contributed by atoms with Crippen molar-refractivity contribution in [1.82, 2.24) is 9.80 Å². The third-order valence-electron chi connectivity index (χ3n) is 5.05. The van der Waals surface area contributed by atoms with Crippen LogP contribution in [0.15, 0.2) is 42.5 Å². The molecule has 1 heterocycles. The lowest BCUT2D eigenvalue weighted by Gasteiger charge is -2.34. The van der Waals surface area contributed by atoms with Crippen LogP contribution < -0.4 is 10.5 Å². The van der Waals surface area contributed by atoms with Crippen LogP contribution in [-0.4, -0.2) is 71.5 Å². The molecule has 1 fully saturated rings. The number of hydrogen-bond acceptors (Lipinski definition) is 5. The molecule has 0 spiro atoms. The summed E-state index contributed by atoms with van der Waals surface area (Å²) < 4.78 is 5.65. The molecular weight excluding hydrogens is 374 g/mol. The maximum atomic E-state index is 12.4. The van der Waals surface area contributed by atoms with Gasteiger partial charge in [-0.05, 0) is 29.3 Å². The molecule has 2 aromatic rings. The van der Waals surface area contributed by atoms with Gasteiger partial charge in [0.25, 0.3) is 5.91 Å². The van der Waals surface area contributed by atoms with Gasteiger partial charge in [-0.1, -0.05) is 30.3 Å². The smallest absolute Gasteiger partial charge is 0.320 e. The summed E-state index contributed by atoms with van der Waals surface area (Å²) in [6, 6.07) is 12.6. The minimum absolute atomic E-state index is 0.0558. The molecule has 2 aromatic carbocycles. The van der Waals surface area contributed by atoms with Crippen LogP contribution in [0.2, 0.25) is 0 Å². The number of nitrogens with two attached hydrogens (primary N) is 1. The first kappa shape index (κ1) is 20.6. The monoisotopic (exact) mass is 399 g/mol. The fraction of sp³-hybridized carbons (Fsp3) is 0.381. The summed E-state index contributed by atoms with van der Waals surface area (Å²) in [7, 11) is 0. The Morgan fingerprint density at radius 3 is 2.24 bits per heavy atom. The molecule has 3 rings (SSSR count). The highest BCUT2D eigenvalue weighted by molar-refractivity contribution is 5.84. The van der Waals surface area contributed by atoms with E-state index in [1.165, 1.54) is 0 Å². The fourth-order valence-corrected chi connectivity index (χ4v) is 3.26. The molecular formula is C21H25N3O5. The van der Waals surface area contributed by atoms with Crippen molar-refractivity contribution in [3.63, 3.8) is 0 Å².